The van der Waals surface area contributed by atoms with Crippen molar-refractivity contribution in [1.82, 2.24) is 14.7 Å². The Labute approximate surface area is 159 Å². The number of pyridine rings is 1. The van der Waals surface area contributed by atoms with Gasteiger partial charge in [-0.2, -0.15) is 0 Å². The molecule has 27 heavy (non-hydrogen) atoms. The summed E-state index contributed by atoms with van der Waals surface area (Å²) in [7, 11) is 0. The number of nitrogens with one attached hydrogen (secondary N) is 1. The summed E-state index contributed by atoms with van der Waals surface area (Å²) in [4.78, 5) is 17.3. The van der Waals surface area contributed by atoms with E-state index in [2.05, 4.69) is 10.3 Å². The zero-order chi connectivity index (χ0) is 18.9. The van der Waals surface area contributed by atoms with Crippen LogP contribution in [0.2, 0.25) is 0 Å². The number of imidazole rings is 1. The molecule has 2 fully saturated rings. The zero-order valence-corrected chi connectivity index (χ0v) is 16.0. The molecule has 1 amide bonds. The van der Waals surface area contributed by atoms with Gasteiger partial charge in [-0.15, -0.1) is 0 Å². The van der Waals surface area contributed by atoms with Gasteiger partial charge in [0.05, 0.1) is 17.9 Å². The van der Waals surface area contributed by atoms with E-state index in [1.165, 1.54) is 19.3 Å². The van der Waals surface area contributed by atoms with Crippen LogP contribution in [0, 0.1) is 12.8 Å². The van der Waals surface area contributed by atoms with E-state index in [1.807, 2.05) is 29.7 Å². The molecule has 2 aromatic heterocycles. The Morgan fingerprint density at radius 2 is 2.15 bits per heavy atom. The smallest absolute Gasteiger partial charge is 0.270 e. The average Bonchev–Trinajstić information content (AvgIpc) is 3.17. The second kappa shape index (κ2) is 7.50. The standard InChI is InChI=1S/C21H29N3O3/c1-15-18(20(25)22-12-11-21(26)9-2-3-10-21)24-13-5-8-17(19(24)23-15)27-14-16-6-4-7-16/h5,8,13,16,26H,2-4,6-7,9-12,14H2,1H3,(H,22,25). The van der Waals surface area contributed by atoms with E-state index in [0.29, 0.717) is 42.5 Å². The topological polar surface area (TPSA) is 75.9 Å². The van der Waals surface area contributed by atoms with E-state index in [9.17, 15) is 9.90 Å². The minimum Gasteiger partial charge on any atom is -0.489 e. The van der Waals surface area contributed by atoms with Crippen LogP contribution in [0.15, 0.2) is 18.3 Å². The molecule has 2 aliphatic rings. The van der Waals surface area contributed by atoms with Crippen LogP contribution < -0.4 is 10.1 Å². The molecule has 0 atom stereocenters. The normalized spacial score (nSPS) is 19.2. The van der Waals surface area contributed by atoms with E-state index >= 15 is 0 Å². The van der Waals surface area contributed by atoms with Crippen molar-refractivity contribution in [2.45, 2.75) is 63.9 Å². The maximum atomic E-state index is 12.8. The van der Waals surface area contributed by atoms with Gasteiger partial charge >= 0.3 is 0 Å². The molecule has 146 valence electrons. The predicted molar refractivity (Wildman–Crippen MR) is 103 cm³/mol. The van der Waals surface area contributed by atoms with Crippen molar-refractivity contribution >= 4 is 11.6 Å². The van der Waals surface area contributed by atoms with Gasteiger partial charge in [-0.25, -0.2) is 4.98 Å². The highest BCUT2D eigenvalue weighted by molar-refractivity contribution is 5.94. The second-order valence-corrected chi connectivity index (χ2v) is 8.16. The Kier molecular flexibility index (Phi) is 5.08. The van der Waals surface area contributed by atoms with E-state index in [-0.39, 0.29) is 5.91 Å². The van der Waals surface area contributed by atoms with Gasteiger partial charge in [-0.05, 0) is 57.1 Å². The molecular weight excluding hydrogens is 342 g/mol. The third-order valence-electron chi connectivity index (χ3n) is 6.11. The number of hydrogen-bond donors (Lipinski definition) is 2. The molecule has 2 aromatic rings. The van der Waals surface area contributed by atoms with Crippen molar-refractivity contribution in [3.8, 4) is 5.75 Å². The minimum atomic E-state index is -0.607. The first kappa shape index (κ1) is 18.3. The van der Waals surface area contributed by atoms with Crippen LogP contribution in [0.3, 0.4) is 0 Å². The molecule has 2 N–H and O–H groups in total. The number of aliphatic hydroxyl groups is 1. The van der Waals surface area contributed by atoms with Crippen LogP contribution in [0.25, 0.3) is 5.65 Å². The molecule has 6 nitrogen and oxygen atoms in total. The Morgan fingerprint density at radius 1 is 1.37 bits per heavy atom. The fraction of sp³-hybridized carbons (Fsp3) is 0.619. The maximum Gasteiger partial charge on any atom is 0.270 e. The lowest BCUT2D eigenvalue weighted by atomic mass is 9.86. The monoisotopic (exact) mass is 371 g/mol. The van der Waals surface area contributed by atoms with Gasteiger partial charge < -0.3 is 15.2 Å². The molecule has 0 aliphatic heterocycles. The Balaban J connectivity index is 1.45. The number of hydrogen-bond acceptors (Lipinski definition) is 4. The minimum absolute atomic E-state index is 0.155. The highest BCUT2D eigenvalue weighted by atomic mass is 16.5. The van der Waals surface area contributed by atoms with E-state index in [0.717, 1.165) is 31.4 Å². The van der Waals surface area contributed by atoms with Crippen LogP contribution in [-0.2, 0) is 0 Å². The molecule has 2 aliphatic carbocycles. The number of rotatable bonds is 7. The largest absolute Gasteiger partial charge is 0.489 e. The predicted octanol–water partition coefficient (Wildman–Crippen LogP) is 3.25. The molecule has 0 radical (unpaired) electrons. The Morgan fingerprint density at radius 3 is 2.85 bits per heavy atom. The number of carbonyl (C=O) groups excluding carboxylic acids is 1. The third kappa shape index (κ3) is 3.81. The zero-order valence-electron chi connectivity index (χ0n) is 16.0. The van der Waals surface area contributed by atoms with Gasteiger partial charge in [0, 0.05) is 12.7 Å². The van der Waals surface area contributed by atoms with Crippen molar-refractivity contribution in [2.24, 2.45) is 5.92 Å². The van der Waals surface area contributed by atoms with Gasteiger partial charge in [-0.3, -0.25) is 9.20 Å². The number of amides is 1. The summed E-state index contributed by atoms with van der Waals surface area (Å²) in [5, 5.41) is 13.4. The molecule has 0 saturated heterocycles. The first-order valence-corrected chi connectivity index (χ1v) is 10.2. The van der Waals surface area contributed by atoms with Crippen molar-refractivity contribution in [2.75, 3.05) is 13.2 Å². The third-order valence-corrected chi connectivity index (χ3v) is 6.11. The Bertz CT molecular complexity index is 819. The van der Waals surface area contributed by atoms with E-state index < -0.39 is 5.60 Å². The number of aryl methyl sites for hydroxylation is 1. The lowest BCUT2D eigenvalue weighted by Crippen LogP contribution is -2.33. The molecule has 2 heterocycles. The van der Waals surface area contributed by atoms with Crippen LogP contribution in [0.4, 0.5) is 0 Å². The molecule has 0 bridgehead atoms. The van der Waals surface area contributed by atoms with Crippen molar-refractivity contribution < 1.29 is 14.6 Å². The summed E-state index contributed by atoms with van der Waals surface area (Å²) in [6.07, 6.45) is 10.0. The quantitative estimate of drug-likeness (QED) is 0.783. The number of carbonyl (C=O) groups is 1. The Hall–Kier alpha value is -2.08. The summed E-state index contributed by atoms with van der Waals surface area (Å²) in [6, 6.07) is 3.81. The second-order valence-electron chi connectivity index (χ2n) is 8.16. The molecular formula is C21H29N3O3. The molecule has 0 spiro atoms. The van der Waals surface area contributed by atoms with Gasteiger partial charge in [-0.1, -0.05) is 19.3 Å². The van der Waals surface area contributed by atoms with Crippen molar-refractivity contribution in [3.63, 3.8) is 0 Å². The highest BCUT2D eigenvalue weighted by Crippen LogP contribution is 2.32. The molecule has 2 saturated carbocycles. The number of fused-ring (bicyclic) bond motifs is 1. The van der Waals surface area contributed by atoms with Crippen LogP contribution >= 0.6 is 0 Å². The maximum absolute atomic E-state index is 12.8. The molecule has 0 unspecified atom stereocenters. The first-order chi connectivity index (χ1) is 13.1. The van der Waals surface area contributed by atoms with Gasteiger partial charge in [0.25, 0.3) is 5.91 Å². The van der Waals surface area contributed by atoms with Gasteiger partial charge in [0.15, 0.2) is 11.4 Å². The molecule has 4 rings (SSSR count). The first-order valence-electron chi connectivity index (χ1n) is 10.2. The lowest BCUT2D eigenvalue weighted by Gasteiger charge is -2.25. The van der Waals surface area contributed by atoms with E-state index in [1.54, 1.807) is 0 Å². The van der Waals surface area contributed by atoms with Gasteiger partial charge in [0.1, 0.15) is 5.69 Å². The summed E-state index contributed by atoms with van der Waals surface area (Å²) in [5.41, 5.74) is 1.31. The van der Waals surface area contributed by atoms with Crippen LogP contribution in [0.1, 0.15) is 67.5 Å². The van der Waals surface area contributed by atoms with E-state index in [4.69, 9.17) is 4.74 Å². The van der Waals surface area contributed by atoms with Crippen LogP contribution in [-0.4, -0.2) is 39.2 Å². The average molecular weight is 371 g/mol. The van der Waals surface area contributed by atoms with Crippen LogP contribution in [0.5, 0.6) is 5.75 Å². The highest BCUT2D eigenvalue weighted by Gasteiger charge is 2.30. The summed E-state index contributed by atoms with van der Waals surface area (Å²) < 4.78 is 7.80. The van der Waals surface area contributed by atoms with Crippen molar-refractivity contribution in [1.29, 1.82) is 0 Å². The number of nitrogens with zero attached hydrogens (tertiary/aromatic N) is 2. The fourth-order valence-electron chi connectivity index (χ4n) is 4.18. The summed E-state index contributed by atoms with van der Waals surface area (Å²) in [5.74, 6) is 1.22. The SMILES string of the molecule is Cc1nc2c(OCC3CCC3)cccn2c1C(=O)NCCC1(O)CCCC1. The van der Waals surface area contributed by atoms with Crippen molar-refractivity contribution in [3.05, 3.63) is 29.7 Å². The molecule has 0 aromatic carbocycles. The number of ether oxygens (including phenoxy) is 1. The summed E-state index contributed by atoms with van der Waals surface area (Å²) in [6.45, 7) is 3.04. The number of aromatic nitrogens is 2. The molecule has 6 heteroatoms. The van der Waals surface area contributed by atoms with Gasteiger partial charge in [0.2, 0.25) is 0 Å². The fourth-order valence-corrected chi connectivity index (χ4v) is 4.18. The summed E-state index contributed by atoms with van der Waals surface area (Å²) >= 11 is 0. The lowest BCUT2D eigenvalue weighted by molar-refractivity contribution is 0.0389.